The summed E-state index contributed by atoms with van der Waals surface area (Å²) in [5.41, 5.74) is 0.668. The molecule has 0 aliphatic heterocycles. The quantitative estimate of drug-likeness (QED) is 0.785. The number of hydrogen-bond donors (Lipinski definition) is 1. The molecule has 0 radical (unpaired) electrons. The van der Waals surface area contributed by atoms with Crippen molar-refractivity contribution >= 4 is 11.0 Å². The topological polar surface area (TPSA) is 82.2 Å². The lowest BCUT2D eigenvalue weighted by atomic mass is 10.1. The summed E-state index contributed by atoms with van der Waals surface area (Å²) in [4.78, 5) is 17.1. The van der Waals surface area contributed by atoms with Crippen LogP contribution in [0.3, 0.4) is 0 Å². The first-order valence-corrected chi connectivity index (χ1v) is 8.07. The van der Waals surface area contributed by atoms with Crippen molar-refractivity contribution in [2.75, 3.05) is 7.11 Å². The van der Waals surface area contributed by atoms with Gasteiger partial charge in [0.1, 0.15) is 23.6 Å². The molecule has 0 aliphatic carbocycles. The highest BCUT2D eigenvalue weighted by Gasteiger charge is 2.21. The Hall–Kier alpha value is -2.67. The van der Waals surface area contributed by atoms with Gasteiger partial charge in [0.15, 0.2) is 5.65 Å². The second-order valence-corrected chi connectivity index (χ2v) is 6.92. The standard InChI is InChI=1S/C18H22N4O3/c1-18(2,3)22-16-13(9-20-22)17(24)21(11-19-16)10-14(23)12-7-5-6-8-15(12)25-4/h5-9,11,14,23H,10H2,1-4H3/t14-/m0/s1. The van der Waals surface area contributed by atoms with Crippen LogP contribution < -0.4 is 10.3 Å². The van der Waals surface area contributed by atoms with Crippen LogP contribution in [-0.4, -0.2) is 31.5 Å². The maximum atomic E-state index is 12.7. The first-order chi connectivity index (χ1) is 11.8. The molecule has 0 spiro atoms. The summed E-state index contributed by atoms with van der Waals surface area (Å²) in [7, 11) is 1.55. The molecule has 0 unspecified atom stereocenters. The third-order valence-corrected chi connectivity index (χ3v) is 4.06. The van der Waals surface area contributed by atoms with Gasteiger partial charge in [-0.1, -0.05) is 18.2 Å². The van der Waals surface area contributed by atoms with E-state index in [1.807, 2.05) is 32.9 Å². The number of aromatic nitrogens is 4. The second kappa shape index (κ2) is 6.33. The molecule has 3 aromatic rings. The van der Waals surface area contributed by atoms with Gasteiger partial charge in [-0.2, -0.15) is 5.10 Å². The second-order valence-electron chi connectivity index (χ2n) is 6.92. The Balaban J connectivity index is 1.97. The number of aliphatic hydroxyl groups is 1. The molecule has 0 saturated carbocycles. The van der Waals surface area contributed by atoms with Crippen molar-refractivity contribution in [1.29, 1.82) is 0 Å². The van der Waals surface area contributed by atoms with E-state index in [0.717, 1.165) is 0 Å². The van der Waals surface area contributed by atoms with Crippen molar-refractivity contribution in [3.63, 3.8) is 0 Å². The Morgan fingerprint density at radius 3 is 2.68 bits per heavy atom. The lowest BCUT2D eigenvalue weighted by Crippen LogP contribution is -2.26. The maximum Gasteiger partial charge on any atom is 0.264 e. The summed E-state index contributed by atoms with van der Waals surface area (Å²) < 4.78 is 8.39. The molecule has 132 valence electrons. The summed E-state index contributed by atoms with van der Waals surface area (Å²) in [6.07, 6.45) is 2.10. The maximum absolute atomic E-state index is 12.7. The molecule has 1 atom stereocenters. The zero-order valence-electron chi connectivity index (χ0n) is 14.8. The SMILES string of the molecule is COc1ccccc1[C@@H](O)Cn1cnc2c(cnn2C(C)(C)C)c1=O. The monoisotopic (exact) mass is 342 g/mol. The van der Waals surface area contributed by atoms with E-state index >= 15 is 0 Å². The van der Waals surface area contributed by atoms with Crippen LogP contribution in [0.1, 0.15) is 32.4 Å². The van der Waals surface area contributed by atoms with Crippen LogP contribution in [0.5, 0.6) is 5.75 Å². The number of rotatable bonds is 4. The van der Waals surface area contributed by atoms with Gasteiger partial charge in [0.05, 0.1) is 25.4 Å². The molecular weight excluding hydrogens is 320 g/mol. The van der Waals surface area contributed by atoms with E-state index < -0.39 is 6.10 Å². The van der Waals surface area contributed by atoms with Gasteiger partial charge < -0.3 is 9.84 Å². The first-order valence-electron chi connectivity index (χ1n) is 8.07. The largest absolute Gasteiger partial charge is 0.496 e. The highest BCUT2D eigenvalue weighted by molar-refractivity contribution is 5.73. The van der Waals surface area contributed by atoms with E-state index in [9.17, 15) is 9.90 Å². The lowest BCUT2D eigenvalue weighted by molar-refractivity contribution is 0.151. The Bertz CT molecular complexity index is 953. The number of ether oxygens (including phenoxy) is 1. The first kappa shape index (κ1) is 17.2. The summed E-state index contributed by atoms with van der Waals surface area (Å²) in [5, 5.41) is 15.3. The molecule has 2 heterocycles. The van der Waals surface area contributed by atoms with E-state index in [-0.39, 0.29) is 17.6 Å². The van der Waals surface area contributed by atoms with Gasteiger partial charge in [0.2, 0.25) is 0 Å². The molecule has 3 rings (SSSR count). The third kappa shape index (κ3) is 3.15. The number of hydrogen-bond acceptors (Lipinski definition) is 5. The van der Waals surface area contributed by atoms with Crippen LogP contribution in [0.15, 0.2) is 41.6 Å². The molecule has 0 amide bonds. The number of benzene rings is 1. The van der Waals surface area contributed by atoms with Crippen molar-refractivity contribution in [3.8, 4) is 5.75 Å². The van der Waals surface area contributed by atoms with E-state index in [4.69, 9.17) is 4.74 Å². The molecule has 2 aromatic heterocycles. The fraction of sp³-hybridized carbons (Fsp3) is 0.389. The molecule has 0 bridgehead atoms. The molecule has 7 heteroatoms. The number of aliphatic hydroxyl groups excluding tert-OH is 1. The number of nitrogens with zero attached hydrogens (tertiary/aromatic N) is 4. The smallest absolute Gasteiger partial charge is 0.264 e. The van der Waals surface area contributed by atoms with E-state index in [1.54, 1.807) is 23.9 Å². The molecule has 0 fully saturated rings. The van der Waals surface area contributed by atoms with Gasteiger partial charge in [-0.3, -0.25) is 9.36 Å². The molecule has 7 nitrogen and oxygen atoms in total. The van der Waals surface area contributed by atoms with Gasteiger partial charge in [-0.25, -0.2) is 9.67 Å². The zero-order chi connectivity index (χ0) is 18.2. The number of para-hydroxylation sites is 1. The molecular formula is C18H22N4O3. The molecule has 0 aliphatic rings. The van der Waals surface area contributed by atoms with Crippen molar-refractivity contribution in [2.45, 2.75) is 39.0 Å². The van der Waals surface area contributed by atoms with Gasteiger partial charge in [0.25, 0.3) is 5.56 Å². The Morgan fingerprint density at radius 2 is 2.00 bits per heavy atom. The highest BCUT2D eigenvalue weighted by atomic mass is 16.5. The number of methoxy groups -OCH3 is 1. The van der Waals surface area contributed by atoms with Crippen molar-refractivity contribution in [1.82, 2.24) is 19.3 Å². The average Bonchev–Trinajstić information content (AvgIpc) is 3.02. The summed E-state index contributed by atoms with van der Waals surface area (Å²) in [6, 6.07) is 7.20. The van der Waals surface area contributed by atoms with Crippen LogP contribution in [0.25, 0.3) is 11.0 Å². The Labute approximate surface area is 145 Å². The Morgan fingerprint density at radius 1 is 1.28 bits per heavy atom. The summed E-state index contributed by atoms with van der Waals surface area (Å²) in [5.74, 6) is 0.581. The molecule has 1 N–H and O–H groups in total. The zero-order valence-corrected chi connectivity index (χ0v) is 14.8. The fourth-order valence-corrected chi connectivity index (χ4v) is 2.80. The predicted octanol–water partition coefficient (Wildman–Crippen LogP) is 2.09. The normalized spacial score (nSPS) is 13.2. The van der Waals surface area contributed by atoms with Crippen molar-refractivity contribution in [3.05, 3.63) is 52.7 Å². The van der Waals surface area contributed by atoms with Crippen LogP contribution in [0.2, 0.25) is 0 Å². The highest BCUT2D eigenvalue weighted by Crippen LogP contribution is 2.25. The minimum atomic E-state index is -0.884. The van der Waals surface area contributed by atoms with Gasteiger partial charge in [-0.05, 0) is 26.8 Å². The number of fused-ring (bicyclic) bond motifs is 1. The predicted molar refractivity (Wildman–Crippen MR) is 94.7 cm³/mol. The van der Waals surface area contributed by atoms with Gasteiger partial charge in [-0.15, -0.1) is 0 Å². The van der Waals surface area contributed by atoms with E-state index in [0.29, 0.717) is 22.3 Å². The minimum absolute atomic E-state index is 0.0862. The fourth-order valence-electron chi connectivity index (χ4n) is 2.80. The minimum Gasteiger partial charge on any atom is -0.496 e. The lowest BCUT2D eigenvalue weighted by Gasteiger charge is -2.20. The molecule has 0 saturated heterocycles. The van der Waals surface area contributed by atoms with Crippen molar-refractivity contribution in [2.24, 2.45) is 0 Å². The van der Waals surface area contributed by atoms with E-state index in [2.05, 4.69) is 10.1 Å². The molecule has 1 aromatic carbocycles. The summed E-state index contributed by atoms with van der Waals surface area (Å²) in [6.45, 7) is 6.08. The third-order valence-electron chi connectivity index (χ3n) is 4.06. The Kier molecular flexibility index (Phi) is 4.34. The van der Waals surface area contributed by atoms with Gasteiger partial charge >= 0.3 is 0 Å². The van der Waals surface area contributed by atoms with Crippen LogP contribution in [0.4, 0.5) is 0 Å². The van der Waals surface area contributed by atoms with Gasteiger partial charge in [0, 0.05) is 5.56 Å². The molecule has 25 heavy (non-hydrogen) atoms. The summed E-state index contributed by atoms with van der Waals surface area (Å²) >= 11 is 0. The van der Waals surface area contributed by atoms with Crippen LogP contribution >= 0.6 is 0 Å². The van der Waals surface area contributed by atoms with E-state index in [1.165, 1.54) is 17.1 Å². The van der Waals surface area contributed by atoms with Crippen LogP contribution in [0, 0.1) is 0 Å². The average molecular weight is 342 g/mol. The van der Waals surface area contributed by atoms with Crippen molar-refractivity contribution < 1.29 is 9.84 Å². The van der Waals surface area contributed by atoms with Crippen LogP contribution in [-0.2, 0) is 12.1 Å².